The number of pyridine rings is 1. The van der Waals surface area contributed by atoms with E-state index < -0.39 is 17.9 Å². The third-order valence-electron chi connectivity index (χ3n) is 4.27. The fourth-order valence-corrected chi connectivity index (χ4v) is 2.69. The van der Waals surface area contributed by atoms with E-state index in [4.69, 9.17) is 4.52 Å². The molecule has 0 spiro atoms. The Morgan fingerprint density at radius 3 is 2.52 bits per heavy atom. The molecule has 27 heavy (non-hydrogen) atoms. The maximum absolute atomic E-state index is 13.3. The van der Waals surface area contributed by atoms with E-state index in [0.717, 1.165) is 0 Å². The summed E-state index contributed by atoms with van der Waals surface area (Å²) in [6.07, 6.45) is 0. The van der Waals surface area contributed by atoms with E-state index >= 15 is 0 Å². The average Bonchev–Trinajstić information content (AvgIpc) is 2.97. The van der Waals surface area contributed by atoms with Crippen LogP contribution in [0.3, 0.4) is 0 Å². The predicted molar refractivity (Wildman–Crippen MR) is 97.4 cm³/mol. The van der Waals surface area contributed by atoms with E-state index in [1.165, 1.54) is 18.7 Å². The summed E-state index contributed by atoms with van der Waals surface area (Å²) in [5.41, 5.74) is 1.68. The van der Waals surface area contributed by atoms with Crippen molar-refractivity contribution in [1.29, 1.82) is 0 Å². The molecule has 2 heterocycles. The Kier molecular flexibility index (Phi) is 6.14. The Bertz CT molecular complexity index is 874. The van der Waals surface area contributed by atoms with Gasteiger partial charge >= 0.3 is 5.97 Å². The molecule has 0 aliphatic heterocycles. The van der Waals surface area contributed by atoms with E-state index in [9.17, 15) is 19.5 Å². The summed E-state index contributed by atoms with van der Waals surface area (Å²) in [5.74, 6) is -1.83. The van der Waals surface area contributed by atoms with Crippen LogP contribution in [0.25, 0.3) is 11.1 Å². The summed E-state index contributed by atoms with van der Waals surface area (Å²) < 4.78 is 5.23. The van der Waals surface area contributed by atoms with Crippen molar-refractivity contribution in [3.63, 3.8) is 0 Å². The van der Waals surface area contributed by atoms with Crippen LogP contribution in [0.1, 0.15) is 55.4 Å². The van der Waals surface area contributed by atoms with Gasteiger partial charge in [-0.3, -0.25) is 9.59 Å². The van der Waals surface area contributed by atoms with Crippen molar-refractivity contribution in [2.45, 2.75) is 46.6 Å². The Morgan fingerprint density at radius 2 is 1.96 bits per heavy atom. The molecule has 0 aromatic carbocycles. The zero-order valence-electron chi connectivity index (χ0n) is 16.1. The first-order chi connectivity index (χ1) is 12.6. The van der Waals surface area contributed by atoms with Crippen molar-refractivity contribution in [3.05, 3.63) is 23.0 Å². The van der Waals surface area contributed by atoms with E-state index in [-0.39, 0.29) is 30.6 Å². The summed E-state index contributed by atoms with van der Waals surface area (Å²) >= 11 is 0. The van der Waals surface area contributed by atoms with Crippen LogP contribution in [-0.2, 0) is 9.59 Å². The van der Waals surface area contributed by atoms with Gasteiger partial charge < -0.3 is 19.8 Å². The summed E-state index contributed by atoms with van der Waals surface area (Å²) in [7, 11) is 0. The van der Waals surface area contributed by atoms with Crippen molar-refractivity contribution < 1.29 is 24.0 Å². The second-order valence-corrected chi connectivity index (χ2v) is 6.69. The minimum Gasteiger partial charge on any atom is -0.480 e. The largest absolute Gasteiger partial charge is 0.480 e. The summed E-state index contributed by atoms with van der Waals surface area (Å²) in [6, 6.07) is 0.580. The van der Waals surface area contributed by atoms with Crippen LogP contribution in [0.15, 0.2) is 10.6 Å². The molecule has 0 saturated carbocycles. The van der Waals surface area contributed by atoms with Crippen LogP contribution in [0.4, 0.5) is 0 Å². The number of aromatic nitrogens is 2. The fourth-order valence-electron chi connectivity index (χ4n) is 2.69. The summed E-state index contributed by atoms with van der Waals surface area (Å²) in [4.78, 5) is 41.5. The van der Waals surface area contributed by atoms with Gasteiger partial charge in [0, 0.05) is 25.7 Å². The Morgan fingerprint density at radius 1 is 1.30 bits per heavy atom. The van der Waals surface area contributed by atoms with E-state index in [1.54, 1.807) is 13.0 Å². The van der Waals surface area contributed by atoms with E-state index in [1.807, 2.05) is 13.8 Å². The van der Waals surface area contributed by atoms with Crippen molar-refractivity contribution in [2.24, 2.45) is 0 Å². The molecular formula is C18H24N4O5. The van der Waals surface area contributed by atoms with Gasteiger partial charge in [-0.25, -0.2) is 9.78 Å². The molecule has 0 aliphatic carbocycles. The number of aryl methyl sites for hydroxylation is 1. The van der Waals surface area contributed by atoms with Crippen LogP contribution in [0, 0.1) is 6.92 Å². The van der Waals surface area contributed by atoms with Gasteiger partial charge in [-0.2, -0.15) is 0 Å². The van der Waals surface area contributed by atoms with Gasteiger partial charge in [0.1, 0.15) is 6.04 Å². The van der Waals surface area contributed by atoms with Gasteiger partial charge in [0.05, 0.1) is 16.6 Å². The minimum absolute atomic E-state index is 0.0380. The molecule has 2 amide bonds. The highest BCUT2D eigenvalue weighted by Gasteiger charge is 2.29. The Balaban J connectivity index is 2.50. The van der Waals surface area contributed by atoms with Crippen molar-refractivity contribution >= 4 is 28.9 Å². The molecule has 0 saturated heterocycles. The summed E-state index contributed by atoms with van der Waals surface area (Å²) in [5, 5.41) is 16.3. The number of amides is 2. The molecule has 1 atom stereocenters. The van der Waals surface area contributed by atoms with Crippen LogP contribution >= 0.6 is 0 Å². The van der Waals surface area contributed by atoms with Gasteiger partial charge in [-0.1, -0.05) is 19.0 Å². The normalized spacial score (nSPS) is 12.2. The van der Waals surface area contributed by atoms with Gasteiger partial charge in [0.2, 0.25) is 5.91 Å². The molecule has 146 valence electrons. The number of carbonyl (C=O) groups is 3. The zero-order chi connectivity index (χ0) is 20.3. The van der Waals surface area contributed by atoms with Gasteiger partial charge in [-0.05, 0) is 25.8 Å². The second kappa shape index (κ2) is 8.15. The lowest BCUT2D eigenvalue weighted by Gasteiger charge is -2.27. The number of hydrogen-bond donors (Lipinski definition) is 2. The van der Waals surface area contributed by atoms with E-state index in [0.29, 0.717) is 22.3 Å². The average molecular weight is 376 g/mol. The third kappa shape index (κ3) is 4.42. The number of nitrogens with one attached hydrogen (secondary N) is 1. The Labute approximate surface area is 156 Å². The number of hydrogen-bond acceptors (Lipinski definition) is 6. The van der Waals surface area contributed by atoms with Crippen LogP contribution in [0.2, 0.25) is 0 Å². The molecule has 0 bridgehead atoms. The summed E-state index contributed by atoms with van der Waals surface area (Å²) in [6.45, 7) is 8.54. The highest BCUT2D eigenvalue weighted by atomic mass is 16.5. The monoisotopic (exact) mass is 376 g/mol. The lowest BCUT2D eigenvalue weighted by Crippen LogP contribution is -2.46. The number of carboxylic acid groups (broad SMARTS) is 1. The topological polar surface area (TPSA) is 126 Å². The standard InChI is InChI=1S/C18H24N4O5/c1-9(2)14-8-13(15-10(3)21-27-16(15)20-14)17(24)22(11(4)18(25)26)7-6-19-12(5)23/h8-9,11H,6-7H2,1-5H3,(H,19,23)(H,25,26). The highest BCUT2D eigenvalue weighted by Crippen LogP contribution is 2.26. The maximum atomic E-state index is 13.3. The molecule has 0 radical (unpaired) electrons. The van der Waals surface area contributed by atoms with Crippen LogP contribution in [0.5, 0.6) is 0 Å². The smallest absolute Gasteiger partial charge is 0.326 e. The molecular weight excluding hydrogens is 352 g/mol. The lowest BCUT2D eigenvalue weighted by molar-refractivity contribution is -0.141. The number of rotatable bonds is 7. The number of nitrogens with zero attached hydrogens (tertiary/aromatic N) is 3. The number of aliphatic carboxylic acids is 1. The molecule has 2 aromatic heterocycles. The SMILES string of the molecule is CC(=O)NCCN(C(=O)c1cc(C(C)C)nc2onc(C)c12)C(C)C(=O)O. The predicted octanol–water partition coefficient (Wildman–Crippen LogP) is 1.71. The van der Waals surface area contributed by atoms with Gasteiger partial charge in [-0.15, -0.1) is 0 Å². The number of carbonyl (C=O) groups excluding carboxylic acids is 2. The van der Waals surface area contributed by atoms with Crippen molar-refractivity contribution in [2.75, 3.05) is 13.1 Å². The molecule has 0 aliphatic rings. The first-order valence-electron chi connectivity index (χ1n) is 8.68. The lowest BCUT2D eigenvalue weighted by atomic mass is 10.0. The van der Waals surface area contributed by atoms with Crippen LogP contribution in [-0.4, -0.2) is 57.1 Å². The molecule has 2 rings (SSSR count). The molecule has 1 unspecified atom stereocenters. The molecule has 9 heteroatoms. The zero-order valence-corrected chi connectivity index (χ0v) is 16.1. The first kappa shape index (κ1) is 20.3. The van der Waals surface area contributed by atoms with Crippen molar-refractivity contribution in [1.82, 2.24) is 20.4 Å². The quantitative estimate of drug-likeness (QED) is 0.753. The number of carboxylic acids is 1. The Hall–Kier alpha value is -2.97. The van der Waals surface area contributed by atoms with Gasteiger partial charge in [0.25, 0.3) is 11.6 Å². The number of fused-ring (bicyclic) bond motifs is 1. The van der Waals surface area contributed by atoms with Crippen molar-refractivity contribution in [3.8, 4) is 0 Å². The highest BCUT2D eigenvalue weighted by molar-refractivity contribution is 6.07. The third-order valence-corrected chi connectivity index (χ3v) is 4.27. The van der Waals surface area contributed by atoms with Crippen LogP contribution < -0.4 is 5.32 Å². The maximum Gasteiger partial charge on any atom is 0.326 e. The fraction of sp³-hybridized carbons (Fsp3) is 0.500. The molecule has 2 N–H and O–H groups in total. The molecule has 0 fully saturated rings. The molecule has 9 nitrogen and oxygen atoms in total. The first-order valence-corrected chi connectivity index (χ1v) is 8.68. The minimum atomic E-state index is -1.14. The van der Waals surface area contributed by atoms with E-state index in [2.05, 4.69) is 15.5 Å². The second-order valence-electron chi connectivity index (χ2n) is 6.69. The van der Waals surface area contributed by atoms with Gasteiger partial charge in [0.15, 0.2) is 0 Å². The molecule has 2 aromatic rings.